The SMILES string of the molecule is Cn1ncc(-c2ccc3c(c2)CN(C(CCC(=O)OC(C)(C)C)C(N)=O)C3=O)c1-c1ccc(OC(F)F)cc1. The van der Waals surface area contributed by atoms with Crippen LogP contribution in [0.2, 0.25) is 0 Å². The Morgan fingerprint density at radius 1 is 1.08 bits per heavy atom. The van der Waals surface area contributed by atoms with Crippen LogP contribution in [0.5, 0.6) is 5.75 Å². The monoisotopic (exact) mass is 540 g/mol. The van der Waals surface area contributed by atoms with E-state index >= 15 is 0 Å². The number of fused-ring (bicyclic) bond motifs is 1. The van der Waals surface area contributed by atoms with Crippen molar-refractivity contribution in [2.75, 3.05) is 0 Å². The number of carbonyl (C=O) groups is 3. The predicted molar refractivity (Wildman–Crippen MR) is 139 cm³/mol. The molecule has 1 unspecified atom stereocenters. The molecule has 2 amide bonds. The van der Waals surface area contributed by atoms with E-state index in [0.29, 0.717) is 11.1 Å². The van der Waals surface area contributed by atoms with Crippen molar-refractivity contribution in [2.24, 2.45) is 12.8 Å². The number of carbonyl (C=O) groups excluding carboxylic acids is 3. The maximum Gasteiger partial charge on any atom is 0.387 e. The number of ether oxygens (including phenoxy) is 2. The van der Waals surface area contributed by atoms with Gasteiger partial charge in [0.1, 0.15) is 17.4 Å². The first-order valence-corrected chi connectivity index (χ1v) is 12.4. The number of rotatable bonds is 9. The van der Waals surface area contributed by atoms with E-state index in [9.17, 15) is 23.2 Å². The topological polar surface area (TPSA) is 117 Å². The second kappa shape index (κ2) is 10.8. The number of alkyl halides is 2. The Balaban J connectivity index is 1.57. The third-order valence-electron chi connectivity index (χ3n) is 6.29. The normalized spacial score (nSPS) is 13.9. The number of hydrogen-bond acceptors (Lipinski definition) is 6. The van der Waals surface area contributed by atoms with Gasteiger partial charge in [-0.15, -0.1) is 0 Å². The minimum absolute atomic E-state index is 0.0456. The quantitative estimate of drug-likeness (QED) is 0.405. The number of aryl methyl sites for hydroxylation is 1. The number of esters is 1. The lowest BCUT2D eigenvalue weighted by Gasteiger charge is -2.25. The van der Waals surface area contributed by atoms with Crippen molar-refractivity contribution in [1.82, 2.24) is 14.7 Å². The van der Waals surface area contributed by atoms with Crippen LogP contribution in [0.15, 0.2) is 48.7 Å². The number of halogens is 2. The third kappa shape index (κ3) is 6.24. The van der Waals surface area contributed by atoms with Crippen molar-refractivity contribution < 1.29 is 32.6 Å². The fraction of sp³-hybridized carbons (Fsp3) is 0.357. The predicted octanol–water partition coefficient (Wildman–Crippen LogP) is 4.29. The average Bonchev–Trinajstić information content (AvgIpc) is 3.37. The van der Waals surface area contributed by atoms with Crippen LogP contribution in [0.3, 0.4) is 0 Å². The molecule has 2 aromatic carbocycles. The van der Waals surface area contributed by atoms with Crippen molar-refractivity contribution >= 4 is 17.8 Å². The van der Waals surface area contributed by atoms with Crippen molar-refractivity contribution in [1.29, 1.82) is 0 Å². The van der Waals surface area contributed by atoms with Crippen molar-refractivity contribution in [3.05, 3.63) is 59.8 Å². The zero-order chi connectivity index (χ0) is 28.5. The summed E-state index contributed by atoms with van der Waals surface area (Å²) < 4.78 is 36.5. The zero-order valence-corrected chi connectivity index (χ0v) is 22.1. The molecule has 0 radical (unpaired) electrons. The summed E-state index contributed by atoms with van der Waals surface area (Å²) in [5, 5.41) is 4.36. The fourth-order valence-electron chi connectivity index (χ4n) is 4.65. The fourth-order valence-corrected chi connectivity index (χ4v) is 4.65. The van der Waals surface area contributed by atoms with Gasteiger partial charge in [0, 0.05) is 36.7 Å². The number of hydrogen-bond donors (Lipinski definition) is 1. The molecule has 2 N–H and O–H groups in total. The van der Waals surface area contributed by atoms with Crippen molar-refractivity contribution in [2.45, 2.75) is 58.4 Å². The Morgan fingerprint density at radius 2 is 1.74 bits per heavy atom. The minimum atomic E-state index is -2.91. The van der Waals surface area contributed by atoms with E-state index in [-0.39, 0.29) is 31.0 Å². The van der Waals surface area contributed by atoms with Crippen molar-refractivity contribution in [3.8, 4) is 28.1 Å². The maximum absolute atomic E-state index is 13.2. The Bertz CT molecular complexity index is 1400. The highest BCUT2D eigenvalue weighted by atomic mass is 19.3. The summed E-state index contributed by atoms with van der Waals surface area (Å²) in [5.41, 5.74) is 9.14. The number of nitrogens with zero attached hydrogens (tertiary/aromatic N) is 3. The summed E-state index contributed by atoms with van der Waals surface area (Å²) in [7, 11) is 1.77. The van der Waals surface area contributed by atoms with Crippen LogP contribution in [-0.4, -0.2) is 50.7 Å². The van der Waals surface area contributed by atoms with Crippen molar-refractivity contribution in [3.63, 3.8) is 0 Å². The lowest BCUT2D eigenvalue weighted by atomic mass is 9.98. The van der Waals surface area contributed by atoms with Gasteiger partial charge in [-0.1, -0.05) is 6.07 Å². The molecule has 3 aromatic rings. The van der Waals surface area contributed by atoms with Gasteiger partial charge in [0.05, 0.1) is 11.9 Å². The summed E-state index contributed by atoms with van der Waals surface area (Å²) in [6.45, 7) is 2.49. The number of aromatic nitrogens is 2. The van der Waals surface area contributed by atoms with E-state index in [1.54, 1.807) is 63.0 Å². The summed E-state index contributed by atoms with van der Waals surface area (Å²) in [4.78, 5) is 39.0. The molecule has 39 heavy (non-hydrogen) atoms. The molecule has 1 aliphatic rings. The molecule has 2 heterocycles. The molecule has 0 aliphatic carbocycles. The summed E-state index contributed by atoms with van der Waals surface area (Å²) in [5.74, 6) is -1.47. The number of primary amides is 1. The van der Waals surface area contributed by atoms with Crippen LogP contribution < -0.4 is 10.5 Å². The zero-order valence-electron chi connectivity index (χ0n) is 22.1. The van der Waals surface area contributed by atoms with Crippen LogP contribution in [-0.2, 0) is 27.9 Å². The molecule has 1 atom stereocenters. The molecule has 206 valence electrons. The van der Waals surface area contributed by atoms with Gasteiger partial charge in [0.15, 0.2) is 0 Å². The van der Waals surface area contributed by atoms with Gasteiger partial charge >= 0.3 is 12.6 Å². The highest BCUT2D eigenvalue weighted by molar-refractivity contribution is 6.01. The second-order valence-corrected chi connectivity index (χ2v) is 10.3. The molecule has 0 saturated heterocycles. The number of amides is 2. The van der Waals surface area contributed by atoms with Crippen LogP contribution in [0, 0.1) is 0 Å². The Labute approximate surface area is 224 Å². The van der Waals surface area contributed by atoms with Gasteiger partial charge in [0.25, 0.3) is 5.91 Å². The summed E-state index contributed by atoms with van der Waals surface area (Å²) >= 11 is 0. The smallest absolute Gasteiger partial charge is 0.387 e. The van der Waals surface area contributed by atoms with Gasteiger partial charge in [0.2, 0.25) is 5.91 Å². The van der Waals surface area contributed by atoms with E-state index in [4.69, 9.17) is 10.5 Å². The average molecular weight is 541 g/mol. The minimum Gasteiger partial charge on any atom is -0.460 e. The van der Waals surface area contributed by atoms with E-state index in [1.165, 1.54) is 17.0 Å². The molecule has 0 spiro atoms. The first-order chi connectivity index (χ1) is 18.3. The maximum atomic E-state index is 13.2. The molecule has 11 heteroatoms. The molecule has 0 bridgehead atoms. The first-order valence-electron chi connectivity index (χ1n) is 12.4. The van der Waals surface area contributed by atoms with E-state index in [1.807, 2.05) is 6.07 Å². The molecule has 4 rings (SSSR count). The summed E-state index contributed by atoms with van der Waals surface area (Å²) in [6.07, 6.45) is 1.67. The molecule has 1 aromatic heterocycles. The van der Waals surface area contributed by atoms with Gasteiger partial charge in [-0.25, -0.2) is 0 Å². The largest absolute Gasteiger partial charge is 0.460 e. The summed E-state index contributed by atoms with van der Waals surface area (Å²) in [6, 6.07) is 10.6. The molecular weight excluding hydrogens is 510 g/mol. The van der Waals surface area contributed by atoms with E-state index in [0.717, 1.165) is 22.4 Å². The Morgan fingerprint density at radius 3 is 2.36 bits per heavy atom. The highest BCUT2D eigenvalue weighted by Crippen LogP contribution is 2.36. The van der Waals surface area contributed by atoms with Gasteiger partial charge in [-0.05, 0) is 74.7 Å². The van der Waals surface area contributed by atoms with Crippen LogP contribution >= 0.6 is 0 Å². The van der Waals surface area contributed by atoms with Crippen LogP contribution in [0.1, 0.15) is 49.5 Å². The molecule has 9 nitrogen and oxygen atoms in total. The van der Waals surface area contributed by atoms with E-state index in [2.05, 4.69) is 9.84 Å². The van der Waals surface area contributed by atoms with Crippen LogP contribution in [0.4, 0.5) is 8.78 Å². The third-order valence-corrected chi connectivity index (χ3v) is 6.29. The van der Waals surface area contributed by atoms with Gasteiger partial charge in [-0.2, -0.15) is 13.9 Å². The molecule has 1 aliphatic heterocycles. The standard InChI is InChI=1S/C28H30F2N4O5/c1-28(2,3)39-23(35)12-11-22(25(31)36)34-15-18-13-17(7-10-20(18)26(34)37)21-14-32-33(4)24(21)16-5-8-19(9-6-16)38-27(29)30/h5-10,13-14,22,27H,11-12,15H2,1-4H3,(H2,31,36). The van der Waals surface area contributed by atoms with Gasteiger partial charge in [-0.3, -0.25) is 19.1 Å². The molecule has 0 saturated carbocycles. The number of benzene rings is 2. The Hall–Kier alpha value is -4.28. The first kappa shape index (κ1) is 27.7. The number of nitrogens with two attached hydrogens (primary N) is 1. The van der Waals surface area contributed by atoms with Gasteiger partial charge < -0.3 is 20.1 Å². The van der Waals surface area contributed by atoms with E-state index < -0.39 is 30.1 Å². The molecule has 0 fully saturated rings. The lowest BCUT2D eigenvalue weighted by Crippen LogP contribution is -2.45. The Kier molecular flexibility index (Phi) is 7.71. The lowest BCUT2D eigenvalue weighted by molar-refractivity contribution is -0.155. The molecular formula is C28H30F2N4O5. The second-order valence-electron chi connectivity index (χ2n) is 10.3. The van der Waals surface area contributed by atoms with Crippen LogP contribution in [0.25, 0.3) is 22.4 Å². The highest BCUT2D eigenvalue weighted by Gasteiger charge is 2.36.